The van der Waals surface area contributed by atoms with Crippen molar-refractivity contribution in [2.24, 2.45) is 5.92 Å². The summed E-state index contributed by atoms with van der Waals surface area (Å²) in [7, 11) is -3.30. The second kappa shape index (κ2) is 19.7. The molecule has 0 aliphatic carbocycles. The Kier molecular flexibility index (Phi) is 14.8. The van der Waals surface area contributed by atoms with Gasteiger partial charge in [0.25, 0.3) is 0 Å². The highest BCUT2D eigenvalue weighted by molar-refractivity contribution is 7.88. The highest BCUT2D eigenvalue weighted by Gasteiger charge is 2.50. The lowest BCUT2D eigenvalue weighted by Crippen LogP contribution is -2.55. The van der Waals surface area contributed by atoms with Crippen molar-refractivity contribution in [1.82, 2.24) is 4.72 Å². The minimum absolute atomic E-state index is 0.169. The molecule has 1 saturated heterocycles. The Morgan fingerprint density at radius 1 is 0.931 bits per heavy atom. The van der Waals surface area contributed by atoms with E-state index in [-0.39, 0.29) is 25.5 Å². The van der Waals surface area contributed by atoms with E-state index in [1.54, 1.807) is 35.2 Å². The van der Waals surface area contributed by atoms with Gasteiger partial charge < -0.3 is 29.3 Å². The average molecular weight is 815 g/mol. The smallest absolute Gasteiger partial charge is 0.304 e. The zero-order valence-electron chi connectivity index (χ0n) is 32.5. The molecule has 0 saturated carbocycles. The van der Waals surface area contributed by atoms with Crippen LogP contribution in [0.15, 0.2) is 97.1 Å². The molecule has 3 N–H and O–H groups in total. The monoisotopic (exact) mass is 814 g/mol. The second-order valence-electron chi connectivity index (χ2n) is 14.1. The van der Waals surface area contributed by atoms with Crippen LogP contribution in [0, 0.1) is 23.6 Å². The molecule has 0 aromatic heterocycles. The summed E-state index contributed by atoms with van der Waals surface area (Å²) in [6, 6.07) is 27.2. The molecular formula is C44H47FN2O10S. The average Bonchev–Trinajstić information content (AvgIpc) is 3.19. The number of esters is 2. The van der Waals surface area contributed by atoms with Gasteiger partial charge in [0, 0.05) is 37.2 Å². The molecule has 5 rings (SSSR count). The summed E-state index contributed by atoms with van der Waals surface area (Å²) in [4.78, 5) is 39.8. The van der Waals surface area contributed by atoms with E-state index >= 15 is 0 Å². The van der Waals surface area contributed by atoms with Crippen LogP contribution < -0.4 is 14.4 Å². The van der Waals surface area contributed by atoms with Crippen molar-refractivity contribution in [3.8, 4) is 17.6 Å². The number of hydrogen-bond donors (Lipinski definition) is 3. The van der Waals surface area contributed by atoms with Crippen LogP contribution in [-0.2, 0) is 46.9 Å². The molecule has 0 radical (unpaired) electrons. The molecule has 58 heavy (non-hydrogen) atoms. The van der Waals surface area contributed by atoms with Crippen LogP contribution >= 0.6 is 0 Å². The lowest BCUT2D eigenvalue weighted by atomic mass is 9.77. The maximum absolute atomic E-state index is 14.2. The van der Waals surface area contributed by atoms with Crippen molar-refractivity contribution in [1.29, 1.82) is 0 Å². The van der Waals surface area contributed by atoms with Gasteiger partial charge in [-0.3, -0.25) is 14.4 Å². The van der Waals surface area contributed by atoms with Gasteiger partial charge in [-0.2, -0.15) is 0 Å². The number of carbonyl (C=O) groups is 3. The first-order valence-corrected chi connectivity index (χ1v) is 20.6. The molecule has 12 nitrogen and oxygen atoms in total. The van der Waals surface area contributed by atoms with Gasteiger partial charge in [0.2, 0.25) is 21.5 Å². The van der Waals surface area contributed by atoms with Crippen molar-refractivity contribution >= 4 is 33.6 Å². The quantitative estimate of drug-likeness (QED) is 0.0518. The van der Waals surface area contributed by atoms with Crippen molar-refractivity contribution in [3.05, 3.63) is 131 Å². The van der Waals surface area contributed by atoms with Crippen LogP contribution in [0.2, 0.25) is 0 Å². The number of benzene rings is 4. The predicted octanol–water partition coefficient (Wildman–Crippen LogP) is 5.31. The Morgan fingerprint density at radius 3 is 2.24 bits per heavy atom. The largest absolute Gasteiger partial charge is 0.488 e. The van der Waals surface area contributed by atoms with E-state index in [0.717, 1.165) is 24.3 Å². The van der Waals surface area contributed by atoms with Crippen LogP contribution in [0.25, 0.3) is 0 Å². The third-order valence-electron chi connectivity index (χ3n) is 9.58. The number of halogens is 1. The molecule has 1 unspecified atom stereocenters. The van der Waals surface area contributed by atoms with Gasteiger partial charge in [0.1, 0.15) is 24.3 Å². The number of aliphatic hydroxyl groups is 2. The Labute approximate surface area is 338 Å². The second-order valence-corrected chi connectivity index (χ2v) is 15.9. The summed E-state index contributed by atoms with van der Waals surface area (Å²) in [5.74, 6) is 3.53. The van der Waals surface area contributed by atoms with Crippen LogP contribution in [0.4, 0.5) is 10.1 Å². The van der Waals surface area contributed by atoms with Gasteiger partial charge in [-0.15, -0.1) is 0 Å². The summed E-state index contributed by atoms with van der Waals surface area (Å²) in [6.07, 6.45) is 2.11. The highest BCUT2D eigenvalue weighted by Crippen LogP contribution is 2.49. The number of amides is 1. The normalized spacial score (nSPS) is 15.8. The maximum atomic E-state index is 14.2. The Hall–Kier alpha value is -5.59. The lowest BCUT2D eigenvalue weighted by molar-refractivity contribution is -0.158. The Bertz CT molecular complexity index is 2220. The number of nitrogens with zero attached hydrogens (tertiary/aromatic N) is 1. The number of anilines is 1. The molecule has 1 amide bonds. The number of hydrogen-bond acceptors (Lipinski definition) is 10. The summed E-state index contributed by atoms with van der Waals surface area (Å²) in [6.45, 7) is 1.42. The van der Waals surface area contributed by atoms with Gasteiger partial charge in [0.15, 0.2) is 0 Å². The van der Waals surface area contributed by atoms with Crippen molar-refractivity contribution in [3.63, 3.8) is 0 Å². The number of rotatable bonds is 18. The summed E-state index contributed by atoms with van der Waals surface area (Å²) in [5, 5.41) is 19.9. The summed E-state index contributed by atoms with van der Waals surface area (Å²) < 4.78 is 56.5. The molecule has 3 atom stereocenters. The number of ether oxygens (including phenoxy) is 3. The van der Waals surface area contributed by atoms with Gasteiger partial charge in [-0.1, -0.05) is 66.6 Å². The topological polar surface area (TPSA) is 169 Å². The van der Waals surface area contributed by atoms with Crippen molar-refractivity contribution < 1.29 is 51.6 Å². The SMILES string of the molecule is CC(=O)O[C@@H](CCC1C(=O)N(c2ccc(CCCNS(C)(=O)=O)cc2)[C@@H]1c1ccc(C#CC(CO)(CO)OC(C)=O)cc1OCc1ccccc1)c1ccc(F)cc1. The summed E-state index contributed by atoms with van der Waals surface area (Å²) in [5.41, 5.74) is 2.27. The molecule has 14 heteroatoms. The zero-order valence-corrected chi connectivity index (χ0v) is 33.3. The number of β-lactam (4-membered cyclic amide) rings is 1. The molecule has 1 heterocycles. The number of aryl methyl sites for hydroxylation is 1. The molecule has 1 fully saturated rings. The van der Waals surface area contributed by atoms with Crippen LogP contribution in [0.3, 0.4) is 0 Å². The Balaban J connectivity index is 1.52. The number of carbonyl (C=O) groups excluding carboxylic acids is 3. The fourth-order valence-corrected chi connectivity index (χ4v) is 7.26. The lowest BCUT2D eigenvalue weighted by Gasteiger charge is -2.48. The molecule has 306 valence electrons. The van der Waals surface area contributed by atoms with E-state index < -0.39 is 64.7 Å². The molecule has 0 spiro atoms. The highest BCUT2D eigenvalue weighted by atomic mass is 32.2. The van der Waals surface area contributed by atoms with Crippen molar-refractivity contribution in [2.45, 2.75) is 63.9 Å². The van der Waals surface area contributed by atoms with Crippen LogP contribution in [0.5, 0.6) is 5.75 Å². The van der Waals surface area contributed by atoms with Crippen LogP contribution in [-0.4, -0.2) is 68.1 Å². The predicted molar refractivity (Wildman–Crippen MR) is 214 cm³/mol. The Morgan fingerprint density at radius 2 is 1.62 bits per heavy atom. The van der Waals surface area contributed by atoms with Crippen molar-refractivity contribution in [2.75, 3.05) is 30.9 Å². The zero-order chi connectivity index (χ0) is 41.9. The van der Waals surface area contributed by atoms with E-state index in [2.05, 4.69) is 16.6 Å². The van der Waals surface area contributed by atoms with E-state index in [1.807, 2.05) is 54.6 Å². The van der Waals surface area contributed by atoms with Gasteiger partial charge in [0.05, 0.1) is 31.4 Å². The van der Waals surface area contributed by atoms with Gasteiger partial charge >= 0.3 is 11.9 Å². The molecule has 4 aromatic rings. The van der Waals surface area contributed by atoms with E-state index in [9.17, 15) is 37.4 Å². The molecular weight excluding hydrogens is 768 g/mol. The first-order chi connectivity index (χ1) is 27.7. The number of nitrogens with one attached hydrogen (secondary N) is 1. The number of aliphatic hydroxyl groups excluding tert-OH is 2. The van der Waals surface area contributed by atoms with Gasteiger partial charge in [-0.25, -0.2) is 17.5 Å². The first kappa shape index (κ1) is 43.5. The van der Waals surface area contributed by atoms with E-state index in [0.29, 0.717) is 47.4 Å². The fraction of sp³-hybridized carbons (Fsp3) is 0.341. The summed E-state index contributed by atoms with van der Waals surface area (Å²) >= 11 is 0. The molecule has 4 aromatic carbocycles. The fourth-order valence-electron chi connectivity index (χ4n) is 6.75. The minimum Gasteiger partial charge on any atom is -0.488 e. The molecule has 1 aliphatic heterocycles. The van der Waals surface area contributed by atoms with E-state index in [4.69, 9.17) is 14.2 Å². The van der Waals surface area contributed by atoms with Gasteiger partial charge in [-0.05, 0) is 84.7 Å². The van der Waals surface area contributed by atoms with Crippen LogP contribution in [0.1, 0.15) is 73.1 Å². The third kappa shape index (κ3) is 11.7. The maximum Gasteiger partial charge on any atom is 0.304 e. The third-order valence-corrected chi connectivity index (χ3v) is 10.3. The minimum atomic E-state index is -3.30. The first-order valence-electron chi connectivity index (χ1n) is 18.8. The van der Waals surface area contributed by atoms with E-state index in [1.165, 1.54) is 19.1 Å². The standard InChI is InChI=1S/C44H47FN2O10S/c1-30(50)56-40(35-14-16-36(45)17-15-35)22-21-39-42(47(43(39)52)37-18-11-32(12-19-37)10-7-25-46-58(3,53)54)38-20-13-33(23-24-44(28-48,29-49)57-31(2)51)26-41(38)55-27-34-8-5-4-6-9-34/h4-6,8-9,11-20,26,39-40,42,46,48-49H,7,10,21-22,25,27-29H2,1-3H3/t39?,40-,42+/m0/s1. The molecule has 0 bridgehead atoms. The molecule has 1 aliphatic rings. The number of sulfonamides is 1.